The van der Waals surface area contributed by atoms with Crippen LogP contribution in [-0.4, -0.2) is 47.6 Å². The van der Waals surface area contributed by atoms with Crippen LogP contribution >= 0.6 is 11.6 Å². The van der Waals surface area contributed by atoms with E-state index in [1.165, 1.54) is 0 Å². The number of benzene rings is 3. The molecular formula is C37H44ClN3O6. The Morgan fingerprint density at radius 1 is 0.915 bits per heavy atom. The number of nitrogens with one attached hydrogen (secondary N) is 3. The molecule has 0 radical (unpaired) electrons. The summed E-state index contributed by atoms with van der Waals surface area (Å²) < 4.78 is 6.25. The van der Waals surface area contributed by atoms with E-state index in [0.29, 0.717) is 24.4 Å². The molecule has 3 aromatic carbocycles. The molecule has 10 heteroatoms. The van der Waals surface area contributed by atoms with Crippen LogP contribution in [0.4, 0.5) is 4.79 Å². The van der Waals surface area contributed by atoms with Crippen LogP contribution in [0.5, 0.6) is 0 Å². The van der Waals surface area contributed by atoms with Gasteiger partial charge in [0, 0.05) is 22.9 Å². The summed E-state index contributed by atoms with van der Waals surface area (Å²) in [5, 5.41) is 20.7. The first kappa shape index (κ1) is 34.2. The van der Waals surface area contributed by atoms with Crippen molar-refractivity contribution in [3.63, 3.8) is 0 Å². The fourth-order valence-corrected chi connectivity index (χ4v) is 7.15. The van der Waals surface area contributed by atoms with E-state index in [9.17, 15) is 24.3 Å². The second-order valence-corrected chi connectivity index (χ2v) is 13.9. The highest BCUT2D eigenvalue weighted by atomic mass is 35.5. The number of amides is 3. The fourth-order valence-electron chi connectivity index (χ4n) is 6.96. The van der Waals surface area contributed by atoms with Gasteiger partial charge in [0.2, 0.25) is 11.8 Å². The molecule has 1 heterocycles. The summed E-state index contributed by atoms with van der Waals surface area (Å²) in [4.78, 5) is 51.9. The van der Waals surface area contributed by atoms with Crippen molar-refractivity contribution in [1.29, 1.82) is 0 Å². The highest BCUT2D eigenvalue weighted by Crippen LogP contribution is 2.41. The highest BCUT2D eigenvalue weighted by molar-refractivity contribution is 6.30. The smallest absolute Gasteiger partial charge is 0.408 e. The minimum Gasteiger partial charge on any atom is -0.480 e. The van der Waals surface area contributed by atoms with Gasteiger partial charge < -0.3 is 25.8 Å². The third-order valence-corrected chi connectivity index (χ3v) is 9.96. The van der Waals surface area contributed by atoms with Crippen molar-refractivity contribution in [3.8, 4) is 0 Å². The molecule has 1 aliphatic heterocycles. The molecule has 9 nitrogen and oxygen atoms in total. The summed E-state index contributed by atoms with van der Waals surface area (Å²) in [7, 11) is 0. The molecule has 0 bridgehead atoms. The molecule has 3 amide bonds. The van der Waals surface area contributed by atoms with E-state index < -0.39 is 47.5 Å². The average molecular weight is 662 g/mol. The lowest BCUT2D eigenvalue weighted by Crippen LogP contribution is -2.53. The van der Waals surface area contributed by atoms with Crippen molar-refractivity contribution >= 4 is 46.3 Å². The molecule has 1 unspecified atom stereocenters. The zero-order valence-corrected chi connectivity index (χ0v) is 27.7. The molecule has 250 valence electrons. The number of carboxylic acids is 1. The van der Waals surface area contributed by atoms with Crippen LogP contribution in [0.25, 0.3) is 10.8 Å². The summed E-state index contributed by atoms with van der Waals surface area (Å²) in [6, 6.07) is 19.0. The maximum absolute atomic E-state index is 13.8. The molecule has 5 rings (SSSR count). The molecule has 47 heavy (non-hydrogen) atoms. The number of hydrogen-bond acceptors (Lipinski definition) is 5. The summed E-state index contributed by atoms with van der Waals surface area (Å²) in [5.41, 5.74) is 0.910. The number of carbonyl (C=O) groups excluding carboxylic acids is 3. The van der Waals surface area contributed by atoms with E-state index in [4.69, 9.17) is 16.3 Å². The van der Waals surface area contributed by atoms with E-state index in [-0.39, 0.29) is 18.2 Å². The quantitative estimate of drug-likeness (QED) is 0.171. The van der Waals surface area contributed by atoms with E-state index >= 15 is 0 Å². The van der Waals surface area contributed by atoms with Gasteiger partial charge in [-0.15, -0.1) is 0 Å². The summed E-state index contributed by atoms with van der Waals surface area (Å²) in [6.45, 7) is 4.44. The van der Waals surface area contributed by atoms with E-state index in [1.807, 2.05) is 74.5 Å². The van der Waals surface area contributed by atoms with Crippen LogP contribution < -0.4 is 16.0 Å². The minimum absolute atomic E-state index is 0.0225. The summed E-state index contributed by atoms with van der Waals surface area (Å²) in [5.74, 6) is -2.34. The van der Waals surface area contributed by atoms with Crippen LogP contribution in [0.3, 0.4) is 0 Å². The van der Waals surface area contributed by atoms with E-state index in [1.54, 1.807) is 6.07 Å². The van der Waals surface area contributed by atoms with Crippen LogP contribution in [0, 0.1) is 11.8 Å². The second-order valence-electron chi connectivity index (χ2n) is 13.5. The van der Waals surface area contributed by atoms with Crippen LogP contribution in [0.15, 0.2) is 66.7 Å². The number of carbonyl (C=O) groups is 4. The molecule has 0 aromatic heterocycles. The van der Waals surface area contributed by atoms with Gasteiger partial charge in [-0.1, -0.05) is 106 Å². The molecule has 1 saturated carbocycles. The van der Waals surface area contributed by atoms with Gasteiger partial charge in [0.15, 0.2) is 0 Å². The fraction of sp³-hybridized carbons (Fsp3) is 0.459. The Bertz CT molecular complexity index is 1600. The van der Waals surface area contributed by atoms with Crippen molar-refractivity contribution in [2.75, 3.05) is 6.54 Å². The molecule has 1 saturated heterocycles. The topological polar surface area (TPSA) is 134 Å². The average Bonchev–Trinajstić information content (AvgIpc) is 3.46. The van der Waals surface area contributed by atoms with Gasteiger partial charge >= 0.3 is 12.1 Å². The summed E-state index contributed by atoms with van der Waals surface area (Å²) in [6.07, 6.45) is 4.34. The Morgan fingerprint density at radius 3 is 2.34 bits per heavy atom. The Labute approximate surface area is 280 Å². The van der Waals surface area contributed by atoms with E-state index in [2.05, 4.69) is 16.0 Å². The maximum atomic E-state index is 13.8. The SMILES string of the molecule is CC(C)(c1cccc(Cl)c1)C(OC(=O)N[C@@H](CC1CCCCC1)C(=O)N[C@@H](C[C@@H]1CCNC1=O)C(=O)O)c1ccc2ccccc2c1. The van der Waals surface area contributed by atoms with Gasteiger partial charge in [-0.3, -0.25) is 9.59 Å². The minimum atomic E-state index is -1.27. The lowest BCUT2D eigenvalue weighted by atomic mass is 9.76. The van der Waals surface area contributed by atoms with Gasteiger partial charge in [0.1, 0.15) is 18.2 Å². The predicted molar refractivity (Wildman–Crippen MR) is 181 cm³/mol. The van der Waals surface area contributed by atoms with Crippen molar-refractivity contribution < 1.29 is 29.0 Å². The summed E-state index contributed by atoms with van der Waals surface area (Å²) >= 11 is 6.38. The van der Waals surface area contributed by atoms with Gasteiger partial charge in [0.05, 0.1) is 0 Å². The Balaban J connectivity index is 1.40. The second kappa shape index (κ2) is 15.2. The predicted octanol–water partition coefficient (Wildman–Crippen LogP) is 6.67. The number of aliphatic carboxylic acids is 1. The first-order chi connectivity index (χ1) is 22.5. The first-order valence-corrected chi connectivity index (χ1v) is 16.9. The third-order valence-electron chi connectivity index (χ3n) is 9.73. The zero-order valence-electron chi connectivity index (χ0n) is 27.0. The van der Waals surface area contributed by atoms with Gasteiger partial charge in [0.25, 0.3) is 0 Å². The van der Waals surface area contributed by atoms with Gasteiger partial charge in [-0.05, 0) is 65.3 Å². The lowest BCUT2D eigenvalue weighted by Gasteiger charge is -2.35. The molecule has 3 aromatic rings. The van der Waals surface area contributed by atoms with Crippen LogP contribution in [0.2, 0.25) is 5.02 Å². The van der Waals surface area contributed by atoms with E-state index in [0.717, 1.165) is 54.0 Å². The Morgan fingerprint density at radius 2 is 1.66 bits per heavy atom. The lowest BCUT2D eigenvalue weighted by molar-refractivity contribution is -0.143. The third kappa shape index (κ3) is 8.63. The Kier molecular flexibility index (Phi) is 11.1. The van der Waals surface area contributed by atoms with Gasteiger partial charge in [-0.2, -0.15) is 0 Å². The number of carboxylic acid groups (broad SMARTS) is 1. The maximum Gasteiger partial charge on any atom is 0.408 e. The van der Waals surface area contributed by atoms with Crippen molar-refractivity contribution in [1.82, 2.24) is 16.0 Å². The molecule has 4 atom stereocenters. The normalized spacial score (nSPS) is 19.0. The molecule has 1 aliphatic carbocycles. The molecule has 0 spiro atoms. The molecule has 4 N–H and O–H groups in total. The molecular weight excluding hydrogens is 618 g/mol. The highest BCUT2D eigenvalue weighted by Gasteiger charge is 2.38. The monoisotopic (exact) mass is 661 g/mol. The number of fused-ring (bicyclic) bond motifs is 1. The number of alkyl carbamates (subject to hydrolysis) is 1. The van der Waals surface area contributed by atoms with Crippen molar-refractivity contribution in [3.05, 3.63) is 82.9 Å². The van der Waals surface area contributed by atoms with Crippen LogP contribution in [-0.2, 0) is 24.5 Å². The standard InChI is InChI=1S/C37H44ClN3O6/c1-37(2,28-13-8-14-29(38)22-28)32(26-16-15-24-11-6-7-12-25(24)20-26)47-36(46)41-30(19-23-9-4-3-5-10-23)34(43)40-31(35(44)45)21-27-17-18-39-33(27)42/h6-8,11-16,20,22-23,27,30-32H,3-5,9-10,17-19,21H2,1-2H3,(H,39,42)(H,40,43)(H,41,46)(H,44,45)/t27-,30-,31-,32?/m0/s1. The van der Waals surface area contributed by atoms with Crippen molar-refractivity contribution in [2.45, 2.75) is 88.8 Å². The number of hydrogen-bond donors (Lipinski definition) is 4. The number of halogens is 1. The zero-order chi connectivity index (χ0) is 33.6. The first-order valence-electron chi connectivity index (χ1n) is 16.5. The number of ether oxygens (including phenoxy) is 1. The van der Waals surface area contributed by atoms with Crippen molar-refractivity contribution in [2.24, 2.45) is 11.8 Å². The number of rotatable bonds is 12. The largest absolute Gasteiger partial charge is 0.480 e. The molecule has 2 fully saturated rings. The van der Waals surface area contributed by atoms with Crippen LogP contribution in [0.1, 0.15) is 82.4 Å². The molecule has 2 aliphatic rings. The Hall–Kier alpha value is -4.11. The van der Waals surface area contributed by atoms with Gasteiger partial charge in [-0.25, -0.2) is 9.59 Å².